The smallest absolute Gasteiger partial charge is 0.247 e. The quantitative estimate of drug-likeness (QED) is 0.502. The summed E-state index contributed by atoms with van der Waals surface area (Å²) in [5.41, 5.74) is 3.14. The van der Waals surface area contributed by atoms with Crippen LogP contribution in [0.5, 0.6) is 17.4 Å². The molecule has 0 aliphatic rings. The largest absolute Gasteiger partial charge is 0.489 e. The Labute approximate surface area is 173 Å². The summed E-state index contributed by atoms with van der Waals surface area (Å²) in [6.07, 6.45) is 2.43. The average Bonchev–Trinajstić information content (AvgIpc) is 3.20. The molecular formula is C22H25FN4O3. The van der Waals surface area contributed by atoms with Gasteiger partial charge in [0, 0.05) is 22.7 Å². The molecular weight excluding hydrogens is 387 g/mol. The summed E-state index contributed by atoms with van der Waals surface area (Å²) in [7, 11) is 0. The van der Waals surface area contributed by atoms with Gasteiger partial charge >= 0.3 is 0 Å². The van der Waals surface area contributed by atoms with E-state index < -0.39 is 11.9 Å². The molecule has 0 saturated heterocycles. The number of nitrogens with zero attached hydrogens (tertiary/aromatic N) is 4. The second-order valence-corrected chi connectivity index (χ2v) is 7.80. The highest BCUT2D eigenvalue weighted by Gasteiger charge is 2.20. The number of hydrogen-bond donors (Lipinski definition) is 1. The van der Waals surface area contributed by atoms with Crippen LogP contribution in [0.2, 0.25) is 0 Å². The van der Waals surface area contributed by atoms with Crippen molar-refractivity contribution in [2.45, 2.75) is 46.8 Å². The van der Waals surface area contributed by atoms with Crippen molar-refractivity contribution in [1.29, 1.82) is 0 Å². The number of aryl methyl sites for hydroxylation is 2. The van der Waals surface area contributed by atoms with E-state index in [4.69, 9.17) is 9.47 Å². The Bertz CT molecular complexity index is 1230. The number of fused-ring (bicyclic) bond motifs is 2. The third kappa shape index (κ3) is 3.37. The van der Waals surface area contributed by atoms with E-state index in [0.717, 1.165) is 16.8 Å². The minimum Gasteiger partial charge on any atom is -0.489 e. The third-order valence-electron chi connectivity index (χ3n) is 5.06. The van der Waals surface area contributed by atoms with Gasteiger partial charge in [-0.1, -0.05) is 0 Å². The van der Waals surface area contributed by atoms with Crippen LogP contribution in [-0.2, 0) is 0 Å². The van der Waals surface area contributed by atoms with Gasteiger partial charge in [-0.2, -0.15) is 10.1 Å². The standard InChI is InChI=1S/C22H25FN4O3/c1-12(2)27-13(3)8-16-17(27)6-7-18(20(16)23)30-22-21-15(5)19(29-10-14(4)28)9-26(21)25-11-24-22/h6-9,11-12,14,28H,10H2,1-5H3/t14-/m1/s1. The first kappa shape index (κ1) is 20.2. The highest BCUT2D eigenvalue weighted by molar-refractivity contribution is 5.84. The molecule has 0 aliphatic heterocycles. The summed E-state index contributed by atoms with van der Waals surface area (Å²) in [6.45, 7) is 9.74. The van der Waals surface area contributed by atoms with Gasteiger partial charge in [0.05, 0.1) is 17.8 Å². The summed E-state index contributed by atoms with van der Waals surface area (Å²) < 4.78 is 30.5. The molecule has 158 valence electrons. The number of aliphatic hydroxyl groups excluding tert-OH is 1. The Morgan fingerprint density at radius 3 is 2.63 bits per heavy atom. The van der Waals surface area contributed by atoms with Crippen LogP contribution >= 0.6 is 0 Å². The van der Waals surface area contributed by atoms with E-state index in [1.807, 2.05) is 26.0 Å². The van der Waals surface area contributed by atoms with Crippen LogP contribution in [0.4, 0.5) is 4.39 Å². The first-order valence-corrected chi connectivity index (χ1v) is 9.89. The van der Waals surface area contributed by atoms with E-state index in [9.17, 15) is 5.11 Å². The summed E-state index contributed by atoms with van der Waals surface area (Å²) in [6, 6.07) is 5.54. The Morgan fingerprint density at radius 2 is 1.93 bits per heavy atom. The van der Waals surface area contributed by atoms with Crippen molar-refractivity contribution in [3.8, 4) is 17.4 Å². The topological polar surface area (TPSA) is 73.8 Å². The molecule has 4 aromatic rings. The molecule has 0 amide bonds. The van der Waals surface area contributed by atoms with Gasteiger partial charge in [0.2, 0.25) is 5.88 Å². The summed E-state index contributed by atoms with van der Waals surface area (Å²) >= 11 is 0. The molecule has 4 rings (SSSR count). The van der Waals surface area contributed by atoms with Crippen molar-refractivity contribution in [2.24, 2.45) is 0 Å². The molecule has 1 atom stereocenters. The van der Waals surface area contributed by atoms with Crippen LogP contribution in [0.1, 0.15) is 38.1 Å². The van der Waals surface area contributed by atoms with Crippen LogP contribution in [0.25, 0.3) is 16.4 Å². The Balaban J connectivity index is 1.76. The molecule has 0 fully saturated rings. The van der Waals surface area contributed by atoms with Crippen molar-refractivity contribution >= 4 is 16.4 Å². The van der Waals surface area contributed by atoms with E-state index in [2.05, 4.69) is 28.5 Å². The van der Waals surface area contributed by atoms with Crippen molar-refractivity contribution in [3.05, 3.63) is 47.8 Å². The fourth-order valence-electron chi connectivity index (χ4n) is 3.78. The number of hydrogen-bond acceptors (Lipinski definition) is 5. The highest BCUT2D eigenvalue weighted by atomic mass is 19.1. The Morgan fingerprint density at radius 1 is 1.17 bits per heavy atom. The van der Waals surface area contributed by atoms with Crippen LogP contribution in [-0.4, -0.2) is 37.0 Å². The molecule has 30 heavy (non-hydrogen) atoms. The SMILES string of the molecule is Cc1c(OC[C@@H](C)O)cn2ncnc(Oc3ccc4c(cc(C)n4C(C)C)c3F)c12. The maximum absolute atomic E-state index is 15.3. The fourth-order valence-corrected chi connectivity index (χ4v) is 3.78. The zero-order valence-electron chi connectivity index (χ0n) is 17.7. The van der Waals surface area contributed by atoms with E-state index >= 15 is 4.39 Å². The van der Waals surface area contributed by atoms with Gasteiger partial charge < -0.3 is 19.1 Å². The van der Waals surface area contributed by atoms with Crippen LogP contribution in [0.15, 0.2) is 30.7 Å². The molecule has 0 saturated carbocycles. The highest BCUT2D eigenvalue weighted by Crippen LogP contribution is 2.36. The number of ether oxygens (including phenoxy) is 2. The molecule has 1 N–H and O–H groups in total. The molecule has 0 bridgehead atoms. The lowest BCUT2D eigenvalue weighted by Gasteiger charge is -2.13. The van der Waals surface area contributed by atoms with Crippen LogP contribution in [0, 0.1) is 19.7 Å². The number of aromatic nitrogens is 4. The molecule has 7 nitrogen and oxygen atoms in total. The normalized spacial score (nSPS) is 12.8. The molecule has 1 aromatic carbocycles. The molecule has 8 heteroatoms. The van der Waals surface area contributed by atoms with E-state index in [1.54, 1.807) is 23.7 Å². The van der Waals surface area contributed by atoms with Gasteiger partial charge in [-0.3, -0.25) is 0 Å². The second kappa shape index (κ2) is 7.60. The molecule has 0 aliphatic carbocycles. The summed E-state index contributed by atoms with van der Waals surface area (Å²) in [5.74, 6) is 0.451. The fraction of sp³-hybridized carbons (Fsp3) is 0.364. The second-order valence-electron chi connectivity index (χ2n) is 7.80. The van der Waals surface area contributed by atoms with Crippen molar-refractivity contribution in [3.63, 3.8) is 0 Å². The molecule has 0 unspecified atom stereocenters. The monoisotopic (exact) mass is 412 g/mol. The minimum absolute atomic E-state index is 0.0936. The lowest BCUT2D eigenvalue weighted by Crippen LogP contribution is -2.12. The first-order valence-electron chi connectivity index (χ1n) is 9.89. The van der Waals surface area contributed by atoms with Crippen molar-refractivity contribution < 1.29 is 19.0 Å². The number of rotatable bonds is 6. The average molecular weight is 412 g/mol. The van der Waals surface area contributed by atoms with Crippen LogP contribution in [0.3, 0.4) is 0 Å². The molecule has 3 heterocycles. The maximum Gasteiger partial charge on any atom is 0.247 e. The third-order valence-corrected chi connectivity index (χ3v) is 5.06. The molecule has 3 aromatic heterocycles. The van der Waals surface area contributed by atoms with Crippen LogP contribution < -0.4 is 9.47 Å². The predicted octanol–water partition coefficient (Wildman–Crippen LogP) is 4.57. The lowest BCUT2D eigenvalue weighted by molar-refractivity contribution is 0.122. The van der Waals surface area contributed by atoms with Gasteiger partial charge in [-0.15, -0.1) is 0 Å². The summed E-state index contributed by atoms with van der Waals surface area (Å²) in [5, 5.41) is 14.2. The van der Waals surface area contributed by atoms with Gasteiger partial charge in [-0.05, 0) is 52.8 Å². The van der Waals surface area contributed by atoms with Gasteiger partial charge in [0.1, 0.15) is 24.2 Å². The predicted molar refractivity (Wildman–Crippen MR) is 112 cm³/mol. The van der Waals surface area contributed by atoms with Gasteiger partial charge in [-0.25, -0.2) is 8.91 Å². The van der Waals surface area contributed by atoms with E-state index in [0.29, 0.717) is 16.7 Å². The summed E-state index contributed by atoms with van der Waals surface area (Å²) in [4.78, 5) is 4.21. The zero-order chi connectivity index (χ0) is 21.6. The lowest BCUT2D eigenvalue weighted by atomic mass is 10.2. The Kier molecular flexibility index (Phi) is 5.11. The van der Waals surface area contributed by atoms with E-state index in [-0.39, 0.29) is 24.3 Å². The minimum atomic E-state index is -0.600. The van der Waals surface area contributed by atoms with E-state index in [1.165, 1.54) is 6.33 Å². The van der Waals surface area contributed by atoms with Crippen molar-refractivity contribution in [2.75, 3.05) is 6.61 Å². The number of benzene rings is 1. The first-order chi connectivity index (χ1) is 14.3. The number of halogens is 1. The van der Waals surface area contributed by atoms with Gasteiger partial charge in [0.25, 0.3) is 0 Å². The number of aliphatic hydroxyl groups is 1. The molecule has 0 spiro atoms. The van der Waals surface area contributed by atoms with Gasteiger partial charge in [0.15, 0.2) is 11.6 Å². The maximum atomic E-state index is 15.3. The Hall–Kier alpha value is -3.13. The zero-order valence-corrected chi connectivity index (χ0v) is 17.7. The van der Waals surface area contributed by atoms with Crippen molar-refractivity contribution in [1.82, 2.24) is 19.2 Å². The molecule has 0 radical (unpaired) electrons.